The summed E-state index contributed by atoms with van der Waals surface area (Å²) in [7, 11) is 0. The van der Waals surface area contributed by atoms with Gasteiger partial charge >= 0.3 is 11.9 Å². The summed E-state index contributed by atoms with van der Waals surface area (Å²) in [5, 5.41) is 2.74. The first-order valence-electron chi connectivity index (χ1n) is 12.7. The molecule has 0 spiro atoms. The average molecular weight is 554 g/mol. The number of amides is 1. The van der Waals surface area contributed by atoms with Gasteiger partial charge in [0.1, 0.15) is 25.3 Å². The van der Waals surface area contributed by atoms with Crippen LogP contribution in [0.2, 0.25) is 0 Å². The molecule has 0 saturated heterocycles. The maximum absolute atomic E-state index is 12.9. The van der Waals surface area contributed by atoms with E-state index in [0.29, 0.717) is 19.3 Å². The predicted molar refractivity (Wildman–Crippen MR) is 152 cm³/mol. The molecule has 1 amide bonds. The van der Waals surface area contributed by atoms with Gasteiger partial charge in [0.15, 0.2) is 0 Å². The molecular formula is C30H36ClN3O5. The highest BCUT2D eigenvalue weighted by Crippen LogP contribution is 2.10. The van der Waals surface area contributed by atoms with Gasteiger partial charge in [-0.15, -0.1) is 12.4 Å². The summed E-state index contributed by atoms with van der Waals surface area (Å²) in [6.45, 7) is 0.254. The topological polar surface area (TPSA) is 134 Å². The van der Waals surface area contributed by atoms with Gasteiger partial charge in [-0.3, -0.25) is 9.59 Å². The van der Waals surface area contributed by atoms with Crippen molar-refractivity contribution in [3.63, 3.8) is 0 Å². The lowest BCUT2D eigenvalue weighted by atomic mass is 10.0. The van der Waals surface area contributed by atoms with Crippen LogP contribution in [0, 0.1) is 0 Å². The summed E-state index contributed by atoms with van der Waals surface area (Å²) in [6.07, 6.45) is 1.33. The zero-order valence-electron chi connectivity index (χ0n) is 21.7. The van der Waals surface area contributed by atoms with Crippen LogP contribution >= 0.6 is 12.4 Å². The van der Waals surface area contributed by atoms with Crippen LogP contribution in [0.3, 0.4) is 0 Å². The molecule has 8 nitrogen and oxygen atoms in total. The highest BCUT2D eigenvalue weighted by Gasteiger charge is 2.26. The Hall–Kier alpha value is -3.72. The largest absolute Gasteiger partial charge is 0.460 e. The van der Waals surface area contributed by atoms with Crippen molar-refractivity contribution >= 4 is 30.3 Å². The first-order chi connectivity index (χ1) is 18.4. The molecule has 3 atom stereocenters. The molecule has 0 aromatic heterocycles. The van der Waals surface area contributed by atoms with Gasteiger partial charge < -0.3 is 26.3 Å². The fourth-order valence-electron chi connectivity index (χ4n) is 3.79. The molecule has 0 aliphatic rings. The fraction of sp³-hybridized carbons (Fsp3) is 0.300. The van der Waals surface area contributed by atoms with Crippen LogP contribution in [0.1, 0.15) is 36.0 Å². The Morgan fingerprint density at radius 1 is 0.641 bits per heavy atom. The predicted octanol–water partition coefficient (Wildman–Crippen LogP) is 3.45. The molecule has 3 aromatic rings. The number of nitrogens with two attached hydrogens (primary N) is 2. The van der Waals surface area contributed by atoms with Crippen molar-refractivity contribution in [2.75, 3.05) is 0 Å². The van der Waals surface area contributed by atoms with E-state index in [1.54, 1.807) is 0 Å². The Balaban J connectivity index is 0.00000533. The van der Waals surface area contributed by atoms with Gasteiger partial charge in [0, 0.05) is 6.42 Å². The molecule has 3 aromatic carbocycles. The maximum atomic E-state index is 12.9. The number of carbonyl (C=O) groups excluding carboxylic acids is 3. The molecule has 208 valence electrons. The van der Waals surface area contributed by atoms with E-state index in [2.05, 4.69) is 5.32 Å². The molecule has 9 heteroatoms. The number of ether oxygens (including phenoxy) is 2. The lowest BCUT2D eigenvalue weighted by Gasteiger charge is -2.20. The quantitative estimate of drug-likeness (QED) is 0.260. The normalized spacial score (nSPS) is 12.8. The molecule has 0 fully saturated rings. The van der Waals surface area contributed by atoms with E-state index < -0.39 is 36.0 Å². The van der Waals surface area contributed by atoms with E-state index in [0.717, 1.165) is 16.7 Å². The van der Waals surface area contributed by atoms with Crippen molar-refractivity contribution in [2.45, 2.75) is 57.0 Å². The number of esters is 2. The Morgan fingerprint density at radius 2 is 1.08 bits per heavy atom. The summed E-state index contributed by atoms with van der Waals surface area (Å²) in [5.74, 6) is -1.51. The molecule has 0 aliphatic carbocycles. The van der Waals surface area contributed by atoms with Crippen molar-refractivity contribution in [3.05, 3.63) is 108 Å². The Labute approximate surface area is 235 Å². The zero-order valence-corrected chi connectivity index (χ0v) is 22.6. The van der Waals surface area contributed by atoms with E-state index in [4.69, 9.17) is 20.9 Å². The van der Waals surface area contributed by atoms with E-state index >= 15 is 0 Å². The van der Waals surface area contributed by atoms with Crippen molar-refractivity contribution in [1.29, 1.82) is 0 Å². The molecule has 3 rings (SSSR count). The van der Waals surface area contributed by atoms with E-state index in [1.807, 2.05) is 91.0 Å². The van der Waals surface area contributed by atoms with Crippen LogP contribution < -0.4 is 16.8 Å². The van der Waals surface area contributed by atoms with Crippen LogP contribution in [0.25, 0.3) is 0 Å². The smallest absolute Gasteiger partial charge is 0.329 e. The third-order valence-corrected chi connectivity index (χ3v) is 6.00. The van der Waals surface area contributed by atoms with Gasteiger partial charge in [0.25, 0.3) is 0 Å². The first-order valence-corrected chi connectivity index (χ1v) is 12.7. The molecule has 0 saturated carbocycles. The van der Waals surface area contributed by atoms with Crippen LogP contribution in [-0.4, -0.2) is 36.0 Å². The monoisotopic (exact) mass is 553 g/mol. The Morgan fingerprint density at radius 3 is 1.59 bits per heavy atom. The fourth-order valence-corrected chi connectivity index (χ4v) is 3.79. The number of hydrogen-bond donors (Lipinski definition) is 3. The zero-order chi connectivity index (χ0) is 27.2. The minimum absolute atomic E-state index is 0. The van der Waals surface area contributed by atoms with Gasteiger partial charge in [-0.05, 0) is 36.0 Å². The molecule has 0 aliphatic heterocycles. The van der Waals surface area contributed by atoms with Gasteiger partial charge in [0.2, 0.25) is 5.91 Å². The second kappa shape index (κ2) is 17.0. The summed E-state index contributed by atoms with van der Waals surface area (Å²) in [5.41, 5.74) is 14.7. The van der Waals surface area contributed by atoms with E-state index in [9.17, 15) is 14.4 Å². The van der Waals surface area contributed by atoms with E-state index in [-0.39, 0.29) is 32.0 Å². The van der Waals surface area contributed by atoms with Gasteiger partial charge in [-0.2, -0.15) is 0 Å². The van der Waals surface area contributed by atoms with Gasteiger partial charge in [-0.25, -0.2) is 4.79 Å². The SMILES string of the molecule is Cl.NC(CCC[C@H](N)C(=O)N[C@@H](Cc1ccccc1)C(=O)OCc1ccccc1)C(=O)OCc1ccccc1. The molecule has 0 bridgehead atoms. The minimum Gasteiger partial charge on any atom is -0.460 e. The van der Waals surface area contributed by atoms with Crippen molar-refractivity contribution in [2.24, 2.45) is 11.5 Å². The van der Waals surface area contributed by atoms with Crippen LogP contribution in [-0.2, 0) is 43.5 Å². The van der Waals surface area contributed by atoms with Gasteiger partial charge in [-0.1, -0.05) is 91.0 Å². The third kappa shape index (κ3) is 11.3. The van der Waals surface area contributed by atoms with E-state index in [1.165, 1.54) is 0 Å². The second-order valence-electron chi connectivity index (χ2n) is 9.08. The van der Waals surface area contributed by atoms with Gasteiger partial charge in [0.05, 0.1) is 6.04 Å². The number of benzene rings is 3. The number of hydrogen-bond acceptors (Lipinski definition) is 7. The van der Waals surface area contributed by atoms with Crippen molar-refractivity contribution in [3.8, 4) is 0 Å². The number of rotatable bonds is 14. The van der Waals surface area contributed by atoms with Crippen molar-refractivity contribution < 1.29 is 23.9 Å². The summed E-state index contributed by atoms with van der Waals surface area (Å²) in [6, 6.07) is 25.4. The molecule has 1 unspecified atom stereocenters. The maximum Gasteiger partial charge on any atom is 0.329 e. The summed E-state index contributed by atoms with van der Waals surface area (Å²) < 4.78 is 10.7. The molecule has 39 heavy (non-hydrogen) atoms. The van der Waals surface area contributed by atoms with Crippen molar-refractivity contribution in [1.82, 2.24) is 5.32 Å². The molecule has 5 N–H and O–H groups in total. The molecule has 0 heterocycles. The van der Waals surface area contributed by atoms with Crippen LogP contribution in [0.5, 0.6) is 0 Å². The van der Waals surface area contributed by atoms with Crippen LogP contribution in [0.4, 0.5) is 0 Å². The standard InChI is InChI=1S/C30H35N3O5.ClH/c31-25(17-10-18-26(32)29(35)37-20-23-13-6-2-7-14-23)28(34)33-27(19-22-11-4-1-5-12-22)30(36)38-21-24-15-8-3-9-16-24;/h1-9,11-16,25-27H,10,17-21,31-32H2,(H,33,34);1H/t25-,26?,27-;/m0./s1. The lowest BCUT2D eigenvalue weighted by molar-refractivity contribution is -0.149. The van der Waals surface area contributed by atoms with Crippen LogP contribution in [0.15, 0.2) is 91.0 Å². The lowest BCUT2D eigenvalue weighted by Crippen LogP contribution is -2.49. The Kier molecular flexibility index (Phi) is 13.7. The minimum atomic E-state index is -0.894. The summed E-state index contributed by atoms with van der Waals surface area (Å²) in [4.78, 5) is 37.9. The highest BCUT2D eigenvalue weighted by atomic mass is 35.5. The average Bonchev–Trinajstić information content (AvgIpc) is 2.95. The number of carbonyl (C=O) groups is 3. The number of halogens is 1. The number of nitrogens with one attached hydrogen (secondary N) is 1. The molecular weight excluding hydrogens is 518 g/mol. The first kappa shape index (κ1) is 31.5. The summed E-state index contributed by atoms with van der Waals surface area (Å²) >= 11 is 0. The second-order valence-corrected chi connectivity index (χ2v) is 9.08. The Bertz CT molecular complexity index is 1150. The highest BCUT2D eigenvalue weighted by molar-refractivity contribution is 5.87. The molecule has 0 radical (unpaired) electrons. The third-order valence-electron chi connectivity index (χ3n) is 6.00.